The van der Waals surface area contributed by atoms with Gasteiger partial charge in [0.1, 0.15) is 5.82 Å². The van der Waals surface area contributed by atoms with E-state index >= 15 is 0 Å². The molecule has 0 radical (unpaired) electrons. The van der Waals surface area contributed by atoms with E-state index in [1.54, 1.807) is 11.8 Å². The fraction of sp³-hybridized carbons (Fsp3) is 0.750. The highest BCUT2D eigenvalue weighted by molar-refractivity contribution is 7.98. The molecule has 0 amide bonds. The maximum Gasteiger partial charge on any atom is 0.225 e. The van der Waals surface area contributed by atoms with Gasteiger partial charge in [0.15, 0.2) is 0 Å². The lowest BCUT2D eigenvalue weighted by molar-refractivity contribution is 0.657. The van der Waals surface area contributed by atoms with Crippen LogP contribution in [0.2, 0.25) is 5.28 Å². The van der Waals surface area contributed by atoms with Crippen molar-refractivity contribution in [3.8, 4) is 0 Å². The van der Waals surface area contributed by atoms with Gasteiger partial charge < -0.3 is 4.57 Å². The van der Waals surface area contributed by atoms with Crippen molar-refractivity contribution < 1.29 is 0 Å². The molecule has 0 aromatic carbocycles. The Morgan fingerprint density at radius 3 is 2.69 bits per heavy atom. The Morgan fingerprint density at radius 2 is 2.15 bits per heavy atom. The second kappa shape index (κ2) is 4.86. The van der Waals surface area contributed by atoms with E-state index in [1.165, 1.54) is 0 Å². The average Bonchev–Trinajstić information content (AvgIpc) is 2.43. The highest BCUT2D eigenvalue weighted by Crippen LogP contribution is 2.16. The molecule has 0 bridgehead atoms. The van der Waals surface area contributed by atoms with Crippen molar-refractivity contribution in [3.63, 3.8) is 0 Å². The molecule has 0 aliphatic carbocycles. The Bertz CT molecular complexity index is 272. The number of halogens is 1. The first kappa shape index (κ1) is 10.9. The third-order valence-corrected chi connectivity index (χ3v) is 2.64. The van der Waals surface area contributed by atoms with E-state index in [0.29, 0.717) is 11.2 Å². The van der Waals surface area contributed by atoms with Crippen LogP contribution in [-0.4, -0.2) is 26.8 Å². The summed E-state index contributed by atoms with van der Waals surface area (Å²) in [4.78, 5) is 0. The summed E-state index contributed by atoms with van der Waals surface area (Å²) < 4.78 is 1.97. The minimum absolute atomic E-state index is 0.377. The highest BCUT2D eigenvalue weighted by atomic mass is 35.5. The molecule has 0 saturated heterocycles. The van der Waals surface area contributed by atoms with Crippen LogP contribution < -0.4 is 0 Å². The van der Waals surface area contributed by atoms with Crippen molar-refractivity contribution in [1.29, 1.82) is 0 Å². The number of nitrogens with zero attached hydrogens (tertiary/aromatic N) is 3. The summed E-state index contributed by atoms with van der Waals surface area (Å²) in [5.41, 5.74) is 0. The highest BCUT2D eigenvalue weighted by Gasteiger charge is 2.12. The van der Waals surface area contributed by atoms with Crippen molar-refractivity contribution in [2.24, 2.45) is 0 Å². The molecule has 0 aliphatic rings. The summed E-state index contributed by atoms with van der Waals surface area (Å²) in [6.07, 6.45) is 2.08. The van der Waals surface area contributed by atoms with Crippen molar-refractivity contribution in [2.45, 2.75) is 26.3 Å². The van der Waals surface area contributed by atoms with Gasteiger partial charge in [-0.25, -0.2) is 0 Å². The topological polar surface area (TPSA) is 30.7 Å². The van der Waals surface area contributed by atoms with E-state index < -0.39 is 0 Å². The minimum Gasteiger partial charge on any atom is -0.301 e. The van der Waals surface area contributed by atoms with E-state index in [9.17, 15) is 0 Å². The third-order valence-electron chi connectivity index (χ3n) is 1.77. The van der Waals surface area contributed by atoms with E-state index in [4.69, 9.17) is 11.6 Å². The summed E-state index contributed by atoms with van der Waals surface area (Å²) in [5.74, 6) is 2.39. The summed E-state index contributed by atoms with van der Waals surface area (Å²) in [5, 5.41) is 8.40. The predicted octanol–water partition coefficient (Wildman–Crippen LogP) is 2.42. The van der Waals surface area contributed by atoms with Crippen LogP contribution in [0.15, 0.2) is 0 Å². The Kier molecular flexibility index (Phi) is 4.06. The lowest BCUT2D eigenvalue weighted by atomic mass is 10.2. The van der Waals surface area contributed by atoms with Crippen molar-refractivity contribution >= 4 is 23.4 Å². The second-order valence-electron chi connectivity index (χ2n) is 3.13. The van der Waals surface area contributed by atoms with Crippen LogP contribution in [0.25, 0.3) is 0 Å². The predicted molar refractivity (Wildman–Crippen MR) is 57.5 cm³/mol. The molecule has 0 N–H and O–H groups in total. The molecule has 0 saturated carbocycles. The quantitative estimate of drug-likeness (QED) is 0.780. The van der Waals surface area contributed by atoms with Gasteiger partial charge in [0.2, 0.25) is 5.28 Å². The Hall–Kier alpha value is -0.220. The van der Waals surface area contributed by atoms with E-state index in [0.717, 1.165) is 18.1 Å². The Labute approximate surface area is 87.9 Å². The van der Waals surface area contributed by atoms with Crippen LogP contribution in [0.3, 0.4) is 0 Å². The summed E-state index contributed by atoms with van der Waals surface area (Å²) >= 11 is 7.70. The van der Waals surface area contributed by atoms with Crippen LogP contribution in [0, 0.1) is 0 Å². The van der Waals surface area contributed by atoms with Crippen LogP contribution in [0.4, 0.5) is 0 Å². The zero-order chi connectivity index (χ0) is 9.84. The SMILES string of the molecule is CSCCn1c(Cl)nnc1C(C)C. The fourth-order valence-electron chi connectivity index (χ4n) is 1.11. The maximum absolute atomic E-state index is 5.90. The van der Waals surface area contributed by atoms with Crippen LogP contribution in [0.1, 0.15) is 25.6 Å². The maximum atomic E-state index is 5.90. The van der Waals surface area contributed by atoms with Crippen LogP contribution >= 0.6 is 23.4 Å². The molecule has 1 heterocycles. The Balaban J connectivity index is 2.82. The average molecular weight is 220 g/mol. The van der Waals surface area contributed by atoms with Gasteiger partial charge in [0.25, 0.3) is 0 Å². The summed E-state index contributed by atoms with van der Waals surface area (Å²) in [7, 11) is 0. The molecule has 0 spiro atoms. The Morgan fingerprint density at radius 1 is 1.46 bits per heavy atom. The molecule has 0 aliphatic heterocycles. The summed E-state index contributed by atoms with van der Waals surface area (Å²) in [6, 6.07) is 0. The smallest absolute Gasteiger partial charge is 0.225 e. The third kappa shape index (κ3) is 2.61. The van der Waals surface area contributed by atoms with Crippen LogP contribution in [-0.2, 0) is 6.54 Å². The fourth-order valence-corrected chi connectivity index (χ4v) is 1.69. The minimum atomic E-state index is 0.377. The molecule has 1 aromatic rings. The van der Waals surface area contributed by atoms with Gasteiger partial charge >= 0.3 is 0 Å². The molecular formula is C8H14ClN3S. The molecule has 13 heavy (non-hydrogen) atoms. The van der Waals surface area contributed by atoms with Gasteiger partial charge in [-0.2, -0.15) is 11.8 Å². The van der Waals surface area contributed by atoms with E-state index in [-0.39, 0.29) is 0 Å². The lowest BCUT2D eigenvalue weighted by Crippen LogP contribution is -2.07. The van der Waals surface area contributed by atoms with Gasteiger partial charge in [-0.05, 0) is 17.9 Å². The van der Waals surface area contributed by atoms with Crippen molar-refractivity contribution in [1.82, 2.24) is 14.8 Å². The van der Waals surface area contributed by atoms with Gasteiger partial charge in [-0.3, -0.25) is 0 Å². The van der Waals surface area contributed by atoms with Gasteiger partial charge in [0.05, 0.1) is 0 Å². The van der Waals surface area contributed by atoms with E-state index in [1.807, 2.05) is 4.57 Å². The zero-order valence-corrected chi connectivity index (χ0v) is 9.69. The van der Waals surface area contributed by atoms with Gasteiger partial charge in [0, 0.05) is 18.2 Å². The first-order valence-corrected chi connectivity index (χ1v) is 6.01. The number of hydrogen-bond donors (Lipinski definition) is 0. The molecule has 3 nitrogen and oxygen atoms in total. The lowest BCUT2D eigenvalue weighted by Gasteiger charge is -2.08. The van der Waals surface area contributed by atoms with Gasteiger partial charge in [-0.1, -0.05) is 13.8 Å². The molecule has 0 unspecified atom stereocenters. The largest absolute Gasteiger partial charge is 0.301 e. The normalized spacial score (nSPS) is 11.2. The summed E-state index contributed by atoms with van der Waals surface area (Å²) in [6.45, 7) is 5.08. The zero-order valence-electron chi connectivity index (χ0n) is 8.12. The standard InChI is InChI=1S/C8H14ClN3S/c1-6(2)7-10-11-8(9)12(7)4-5-13-3/h6H,4-5H2,1-3H3. The van der Waals surface area contributed by atoms with E-state index in [2.05, 4.69) is 30.3 Å². The molecule has 1 aromatic heterocycles. The van der Waals surface area contributed by atoms with Crippen molar-refractivity contribution in [2.75, 3.05) is 12.0 Å². The molecule has 74 valence electrons. The number of thioether (sulfide) groups is 1. The first-order chi connectivity index (χ1) is 6.16. The number of aromatic nitrogens is 3. The number of rotatable bonds is 4. The molecule has 0 atom stereocenters. The van der Waals surface area contributed by atoms with Crippen molar-refractivity contribution in [3.05, 3.63) is 11.1 Å². The molecule has 0 fully saturated rings. The molecule has 5 heteroatoms. The second-order valence-corrected chi connectivity index (χ2v) is 4.45. The number of hydrogen-bond acceptors (Lipinski definition) is 3. The molecular weight excluding hydrogens is 206 g/mol. The molecule has 1 rings (SSSR count). The first-order valence-electron chi connectivity index (χ1n) is 4.24. The monoisotopic (exact) mass is 219 g/mol. The van der Waals surface area contributed by atoms with Crippen LogP contribution in [0.5, 0.6) is 0 Å². The van der Waals surface area contributed by atoms with Gasteiger partial charge in [-0.15, -0.1) is 10.2 Å².